The van der Waals surface area contributed by atoms with Gasteiger partial charge in [0.2, 0.25) is 0 Å². The molecule has 0 radical (unpaired) electrons. The molecule has 0 amide bonds. The SMILES string of the molecule is CC1C=CC2(CCCCCCCCCCC2)O1. The van der Waals surface area contributed by atoms with Crippen molar-refractivity contribution in [1.82, 2.24) is 0 Å². The first kappa shape index (κ1) is 13.1. The molecule has 1 aliphatic heterocycles. The molecule has 1 fully saturated rings. The van der Waals surface area contributed by atoms with Crippen molar-refractivity contribution < 1.29 is 4.74 Å². The summed E-state index contributed by atoms with van der Waals surface area (Å²) in [4.78, 5) is 0. The van der Waals surface area contributed by atoms with E-state index in [0.717, 1.165) is 0 Å². The van der Waals surface area contributed by atoms with Crippen LogP contribution in [-0.2, 0) is 4.74 Å². The van der Waals surface area contributed by atoms with E-state index in [2.05, 4.69) is 19.1 Å². The van der Waals surface area contributed by atoms with E-state index in [1.54, 1.807) is 0 Å². The molecule has 1 saturated carbocycles. The molecular weight excluding hydrogens is 208 g/mol. The monoisotopic (exact) mass is 236 g/mol. The minimum atomic E-state index is 0.110. The van der Waals surface area contributed by atoms with Crippen LogP contribution in [0.15, 0.2) is 12.2 Å². The minimum Gasteiger partial charge on any atom is -0.364 e. The van der Waals surface area contributed by atoms with Gasteiger partial charge in [-0.3, -0.25) is 0 Å². The van der Waals surface area contributed by atoms with Crippen LogP contribution in [0.25, 0.3) is 0 Å². The first-order valence-electron chi connectivity index (χ1n) is 7.68. The van der Waals surface area contributed by atoms with E-state index in [9.17, 15) is 0 Å². The third-order valence-electron chi connectivity index (χ3n) is 4.29. The Morgan fingerprint density at radius 1 is 0.824 bits per heavy atom. The lowest BCUT2D eigenvalue weighted by Gasteiger charge is -2.29. The topological polar surface area (TPSA) is 9.23 Å². The van der Waals surface area contributed by atoms with Crippen molar-refractivity contribution in [2.75, 3.05) is 0 Å². The maximum Gasteiger partial charge on any atom is 0.0871 e. The molecule has 0 saturated heterocycles. The van der Waals surface area contributed by atoms with Crippen molar-refractivity contribution >= 4 is 0 Å². The molecule has 1 atom stereocenters. The number of hydrogen-bond donors (Lipinski definition) is 0. The van der Waals surface area contributed by atoms with Crippen LogP contribution in [0.4, 0.5) is 0 Å². The van der Waals surface area contributed by atoms with Crippen molar-refractivity contribution in [3.8, 4) is 0 Å². The quantitative estimate of drug-likeness (QED) is 0.537. The molecule has 1 heterocycles. The lowest BCUT2D eigenvalue weighted by atomic mass is 9.89. The van der Waals surface area contributed by atoms with Crippen molar-refractivity contribution in [1.29, 1.82) is 0 Å². The van der Waals surface area contributed by atoms with Gasteiger partial charge >= 0.3 is 0 Å². The first-order chi connectivity index (χ1) is 8.31. The van der Waals surface area contributed by atoms with E-state index in [0.29, 0.717) is 6.10 Å². The molecule has 1 aliphatic carbocycles. The van der Waals surface area contributed by atoms with E-state index in [4.69, 9.17) is 4.74 Å². The van der Waals surface area contributed by atoms with Crippen LogP contribution in [0.3, 0.4) is 0 Å². The Bertz CT molecular complexity index is 232. The lowest BCUT2D eigenvalue weighted by molar-refractivity contribution is -0.0303. The third kappa shape index (κ3) is 4.13. The molecule has 1 unspecified atom stereocenters. The predicted octanol–water partition coefficient (Wildman–Crippen LogP) is 5.00. The fourth-order valence-corrected chi connectivity index (χ4v) is 3.26. The zero-order valence-corrected chi connectivity index (χ0v) is 11.4. The smallest absolute Gasteiger partial charge is 0.0871 e. The molecule has 1 heteroatoms. The van der Waals surface area contributed by atoms with Gasteiger partial charge in [-0.1, -0.05) is 69.9 Å². The summed E-state index contributed by atoms with van der Waals surface area (Å²) in [5, 5.41) is 0. The van der Waals surface area contributed by atoms with E-state index >= 15 is 0 Å². The first-order valence-corrected chi connectivity index (χ1v) is 7.68. The van der Waals surface area contributed by atoms with Crippen molar-refractivity contribution in [2.45, 2.75) is 89.3 Å². The van der Waals surface area contributed by atoms with E-state index in [1.807, 2.05) is 0 Å². The lowest BCUT2D eigenvalue weighted by Crippen LogP contribution is -2.29. The Balaban J connectivity index is 1.87. The van der Waals surface area contributed by atoms with Gasteiger partial charge in [0, 0.05) is 0 Å². The van der Waals surface area contributed by atoms with Gasteiger partial charge in [0.05, 0.1) is 11.7 Å². The highest BCUT2D eigenvalue weighted by Crippen LogP contribution is 2.34. The van der Waals surface area contributed by atoms with Gasteiger partial charge in [0.25, 0.3) is 0 Å². The van der Waals surface area contributed by atoms with E-state index < -0.39 is 0 Å². The maximum absolute atomic E-state index is 6.18. The highest BCUT2D eigenvalue weighted by Gasteiger charge is 2.32. The fourth-order valence-electron chi connectivity index (χ4n) is 3.26. The van der Waals surface area contributed by atoms with Crippen LogP contribution < -0.4 is 0 Å². The highest BCUT2D eigenvalue weighted by atomic mass is 16.5. The summed E-state index contributed by atoms with van der Waals surface area (Å²) in [6, 6.07) is 0. The molecule has 0 aromatic carbocycles. The van der Waals surface area contributed by atoms with Gasteiger partial charge in [0.1, 0.15) is 0 Å². The van der Waals surface area contributed by atoms with Crippen LogP contribution in [0.5, 0.6) is 0 Å². The Hall–Kier alpha value is -0.300. The van der Waals surface area contributed by atoms with Gasteiger partial charge in [-0.2, -0.15) is 0 Å². The molecule has 2 aliphatic rings. The second-order valence-corrected chi connectivity index (χ2v) is 5.93. The zero-order valence-electron chi connectivity index (χ0n) is 11.4. The van der Waals surface area contributed by atoms with Crippen molar-refractivity contribution in [3.05, 3.63) is 12.2 Å². The maximum atomic E-state index is 6.18. The fraction of sp³-hybridized carbons (Fsp3) is 0.875. The van der Waals surface area contributed by atoms with Crippen LogP contribution in [0.2, 0.25) is 0 Å². The molecule has 0 aromatic rings. The van der Waals surface area contributed by atoms with Crippen molar-refractivity contribution in [3.63, 3.8) is 0 Å². The summed E-state index contributed by atoms with van der Waals surface area (Å²) < 4.78 is 6.18. The summed E-state index contributed by atoms with van der Waals surface area (Å²) in [5.41, 5.74) is 0.110. The normalized spacial score (nSPS) is 31.0. The number of hydrogen-bond acceptors (Lipinski definition) is 1. The second-order valence-electron chi connectivity index (χ2n) is 5.93. The van der Waals surface area contributed by atoms with E-state index in [1.165, 1.54) is 70.6 Å². The van der Waals surface area contributed by atoms with Gasteiger partial charge in [0.15, 0.2) is 0 Å². The highest BCUT2D eigenvalue weighted by molar-refractivity contribution is 5.10. The summed E-state index contributed by atoms with van der Waals surface area (Å²) in [6.07, 6.45) is 20.1. The Kier molecular flexibility index (Phi) is 5.09. The van der Waals surface area contributed by atoms with Crippen LogP contribution in [0, 0.1) is 0 Å². The molecule has 0 aromatic heterocycles. The number of ether oxygens (including phenoxy) is 1. The molecule has 17 heavy (non-hydrogen) atoms. The Morgan fingerprint density at radius 3 is 1.71 bits per heavy atom. The molecule has 1 spiro atoms. The average molecular weight is 236 g/mol. The predicted molar refractivity (Wildman–Crippen MR) is 73.2 cm³/mol. The second kappa shape index (κ2) is 6.58. The average Bonchev–Trinajstić information content (AvgIpc) is 2.66. The van der Waals surface area contributed by atoms with Gasteiger partial charge in [-0.15, -0.1) is 0 Å². The number of rotatable bonds is 0. The molecule has 2 rings (SSSR count). The van der Waals surface area contributed by atoms with Gasteiger partial charge in [-0.05, 0) is 19.8 Å². The standard InChI is InChI=1S/C16H28O/c1-15-11-14-16(17-15)12-9-7-5-3-2-4-6-8-10-13-16/h11,14-15H,2-10,12-13H2,1H3. The van der Waals surface area contributed by atoms with Gasteiger partial charge < -0.3 is 4.74 Å². The summed E-state index contributed by atoms with van der Waals surface area (Å²) in [5.74, 6) is 0. The Labute approximate surface area is 107 Å². The molecule has 1 nitrogen and oxygen atoms in total. The molecule has 0 N–H and O–H groups in total. The summed E-state index contributed by atoms with van der Waals surface area (Å²) in [6.45, 7) is 2.17. The van der Waals surface area contributed by atoms with Crippen LogP contribution >= 0.6 is 0 Å². The van der Waals surface area contributed by atoms with E-state index in [-0.39, 0.29) is 5.60 Å². The van der Waals surface area contributed by atoms with Crippen LogP contribution in [-0.4, -0.2) is 11.7 Å². The molecule has 98 valence electrons. The summed E-state index contributed by atoms with van der Waals surface area (Å²) in [7, 11) is 0. The van der Waals surface area contributed by atoms with Crippen LogP contribution in [0.1, 0.15) is 77.6 Å². The Morgan fingerprint density at radius 2 is 1.29 bits per heavy atom. The van der Waals surface area contributed by atoms with Gasteiger partial charge in [-0.25, -0.2) is 0 Å². The zero-order chi connectivity index (χ0) is 12.0. The minimum absolute atomic E-state index is 0.110. The van der Waals surface area contributed by atoms with Crippen molar-refractivity contribution in [2.24, 2.45) is 0 Å². The summed E-state index contributed by atoms with van der Waals surface area (Å²) >= 11 is 0. The molecule has 0 bridgehead atoms. The third-order valence-corrected chi connectivity index (χ3v) is 4.29. The molecular formula is C16H28O. The largest absolute Gasteiger partial charge is 0.364 e.